The van der Waals surface area contributed by atoms with Gasteiger partial charge in [0.05, 0.1) is 12.4 Å². The maximum Gasteiger partial charge on any atom is 0.0534 e. The third-order valence-electron chi connectivity index (χ3n) is 4.15. The Balaban J connectivity index is 2.46. The molecule has 0 fully saturated rings. The van der Waals surface area contributed by atoms with E-state index >= 15 is 0 Å². The zero-order valence-corrected chi connectivity index (χ0v) is 11.7. The number of hydrogen-bond donors (Lipinski definition) is 0. The third-order valence-corrected chi connectivity index (χ3v) is 4.15. The largest absolute Gasteiger partial charge is 0.159 e. The summed E-state index contributed by atoms with van der Waals surface area (Å²) in [5, 5.41) is 8.14. The van der Waals surface area contributed by atoms with E-state index in [-0.39, 0.29) is 0 Å². The van der Waals surface area contributed by atoms with Crippen LogP contribution >= 0.6 is 0 Å². The van der Waals surface area contributed by atoms with Crippen LogP contribution in [0, 0.1) is 17.3 Å². The first-order valence-corrected chi connectivity index (χ1v) is 6.70. The molecule has 1 aliphatic carbocycles. The molecule has 1 unspecified atom stereocenters. The molecule has 0 aromatic carbocycles. The van der Waals surface area contributed by atoms with E-state index in [0.717, 1.165) is 11.8 Å². The van der Waals surface area contributed by atoms with E-state index in [1.54, 1.807) is 0 Å². The highest BCUT2D eigenvalue weighted by Crippen LogP contribution is 2.48. The van der Waals surface area contributed by atoms with Crippen LogP contribution in [0.4, 0.5) is 0 Å². The topological polar surface area (TPSA) is 25.8 Å². The first-order valence-electron chi connectivity index (χ1n) is 6.70. The summed E-state index contributed by atoms with van der Waals surface area (Å²) in [4.78, 5) is 0. The van der Waals surface area contributed by atoms with Gasteiger partial charge in [-0.05, 0) is 47.1 Å². The van der Waals surface area contributed by atoms with Gasteiger partial charge in [0.1, 0.15) is 0 Å². The van der Waals surface area contributed by atoms with E-state index in [2.05, 4.69) is 44.8 Å². The average molecular weight is 232 g/mol. The summed E-state index contributed by atoms with van der Waals surface area (Å²) >= 11 is 0. The molecular formula is C15H24N2. The summed E-state index contributed by atoms with van der Waals surface area (Å²) in [6.07, 6.45) is 6.42. The highest BCUT2D eigenvalue weighted by Gasteiger charge is 2.38. The standard InChI is InChI=1S/C15H24N2/c1-10(2)12-7-6-11-8-16-17-9-13(11)14(12)15(3,4)5/h8-10,12,14H,6-7H2,1-5H3/t12-,14?/m0/s1. The Morgan fingerprint density at radius 1 is 1.18 bits per heavy atom. The molecule has 0 amide bonds. The number of hydrogen-bond acceptors (Lipinski definition) is 2. The van der Waals surface area contributed by atoms with Gasteiger partial charge in [0.15, 0.2) is 0 Å². The summed E-state index contributed by atoms with van der Waals surface area (Å²) in [5.41, 5.74) is 3.15. The monoisotopic (exact) mass is 232 g/mol. The predicted octanol–water partition coefficient (Wildman–Crippen LogP) is 3.82. The number of fused-ring (bicyclic) bond motifs is 1. The fraction of sp³-hybridized carbons (Fsp3) is 0.733. The van der Waals surface area contributed by atoms with Crippen molar-refractivity contribution in [2.24, 2.45) is 17.3 Å². The van der Waals surface area contributed by atoms with Crippen molar-refractivity contribution < 1.29 is 0 Å². The van der Waals surface area contributed by atoms with Crippen molar-refractivity contribution in [1.82, 2.24) is 10.2 Å². The maximum atomic E-state index is 4.11. The number of rotatable bonds is 1. The molecule has 94 valence electrons. The highest BCUT2D eigenvalue weighted by atomic mass is 15.1. The van der Waals surface area contributed by atoms with Crippen molar-refractivity contribution in [2.75, 3.05) is 0 Å². The smallest absolute Gasteiger partial charge is 0.0534 e. The van der Waals surface area contributed by atoms with Crippen LogP contribution in [0.15, 0.2) is 12.4 Å². The normalized spacial score (nSPS) is 24.8. The van der Waals surface area contributed by atoms with Crippen molar-refractivity contribution in [3.63, 3.8) is 0 Å². The van der Waals surface area contributed by atoms with Crippen LogP contribution in [-0.2, 0) is 6.42 Å². The lowest BCUT2D eigenvalue weighted by Crippen LogP contribution is -2.33. The second-order valence-electron chi connectivity index (χ2n) is 6.76. The number of aromatic nitrogens is 2. The van der Waals surface area contributed by atoms with E-state index in [4.69, 9.17) is 0 Å². The first-order chi connectivity index (χ1) is 7.91. The van der Waals surface area contributed by atoms with Crippen LogP contribution in [0.2, 0.25) is 0 Å². The first kappa shape index (κ1) is 12.5. The van der Waals surface area contributed by atoms with Gasteiger partial charge in [-0.15, -0.1) is 0 Å². The molecule has 2 heteroatoms. The van der Waals surface area contributed by atoms with Crippen LogP contribution in [0.5, 0.6) is 0 Å². The lowest BCUT2D eigenvalue weighted by molar-refractivity contribution is 0.169. The van der Waals surface area contributed by atoms with E-state index < -0.39 is 0 Å². The van der Waals surface area contributed by atoms with E-state index in [0.29, 0.717) is 11.3 Å². The summed E-state index contributed by atoms with van der Waals surface area (Å²) in [5.74, 6) is 2.12. The quantitative estimate of drug-likeness (QED) is 0.735. The van der Waals surface area contributed by atoms with Crippen LogP contribution in [0.1, 0.15) is 58.1 Å². The molecule has 17 heavy (non-hydrogen) atoms. The van der Waals surface area contributed by atoms with Crippen molar-refractivity contribution in [3.05, 3.63) is 23.5 Å². The van der Waals surface area contributed by atoms with Crippen molar-refractivity contribution in [2.45, 2.75) is 53.4 Å². The average Bonchev–Trinajstić information content (AvgIpc) is 2.26. The summed E-state index contributed by atoms with van der Waals surface area (Å²) in [7, 11) is 0. The Bertz CT molecular complexity index is 390. The van der Waals surface area contributed by atoms with Gasteiger partial charge >= 0.3 is 0 Å². The van der Waals surface area contributed by atoms with Gasteiger partial charge in [-0.1, -0.05) is 34.6 Å². The minimum Gasteiger partial charge on any atom is -0.159 e. The second-order valence-corrected chi connectivity index (χ2v) is 6.76. The molecule has 2 nitrogen and oxygen atoms in total. The van der Waals surface area contributed by atoms with Crippen molar-refractivity contribution >= 4 is 0 Å². The Morgan fingerprint density at radius 2 is 1.82 bits per heavy atom. The molecule has 2 atom stereocenters. The lowest BCUT2D eigenvalue weighted by Gasteiger charge is -2.43. The van der Waals surface area contributed by atoms with Gasteiger partial charge in [0.25, 0.3) is 0 Å². The molecule has 0 saturated carbocycles. The van der Waals surface area contributed by atoms with Crippen LogP contribution < -0.4 is 0 Å². The lowest BCUT2D eigenvalue weighted by atomic mass is 9.61. The molecule has 0 N–H and O–H groups in total. The predicted molar refractivity (Wildman–Crippen MR) is 70.9 cm³/mol. The van der Waals surface area contributed by atoms with Gasteiger partial charge in [0.2, 0.25) is 0 Å². The van der Waals surface area contributed by atoms with Gasteiger partial charge < -0.3 is 0 Å². The van der Waals surface area contributed by atoms with Crippen LogP contribution in [-0.4, -0.2) is 10.2 Å². The second kappa shape index (κ2) is 4.40. The summed E-state index contributed by atoms with van der Waals surface area (Å²) in [6, 6.07) is 0. The maximum absolute atomic E-state index is 4.11. The Kier molecular flexibility index (Phi) is 3.24. The zero-order chi connectivity index (χ0) is 12.6. The van der Waals surface area contributed by atoms with Gasteiger partial charge in [-0.2, -0.15) is 10.2 Å². The Morgan fingerprint density at radius 3 is 2.41 bits per heavy atom. The molecule has 1 aromatic rings. The van der Waals surface area contributed by atoms with E-state index in [9.17, 15) is 0 Å². The van der Waals surface area contributed by atoms with Crippen LogP contribution in [0.25, 0.3) is 0 Å². The molecule has 0 radical (unpaired) electrons. The fourth-order valence-corrected chi connectivity index (χ4v) is 3.39. The molecule has 1 aliphatic rings. The van der Waals surface area contributed by atoms with Crippen molar-refractivity contribution in [1.29, 1.82) is 0 Å². The third kappa shape index (κ3) is 2.36. The summed E-state index contributed by atoms with van der Waals surface area (Å²) < 4.78 is 0. The molecular weight excluding hydrogens is 208 g/mol. The molecule has 0 aliphatic heterocycles. The molecule has 0 bridgehead atoms. The van der Waals surface area contributed by atoms with Crippen LogP contribution in [0.3, 0.4) is 0 Å². The summed E-state index contributed by atoms with van der Waals surface area (Å²) in [6.45, 7) is 11.7. The zero-order valence-electron chi connectivity index (χ0n) is 11.7. The SMILES string of the molecule is CC(C)[C@@H]1CCc2cnncc2C1C(C)(C)C. The molecule has 0 spiro atoms. The molecule has 2 rings (SSSR count). The minimum atomic E-state index is 0.299. The van der Waals surface area contributed by atoms with E-state index in [1.807, 2.05) is 12.4 Å². The fourth-order valence-electron chi connectivity index (χ4n) is 3.39. The molecule has 1 heterocycles. The number of aryl methyl sites for hydroxylation is 1. The molecule has 1 aromatic heterocycles. The minimum absolute atomic E-state index is 0.299. The Labute approximate surface area is 105 Å². The van der Waals surface area contributed by atoms with Crippen molar-refractivity contribution in [3.8, 4) is 0 Å². The molecule has 0 saturated heterocycles. The van der Waals surface area contributed by atoms with E-state index in [1.165, 1.54) is 24.0 Å². The van der Waals surface area contributed by atoms with Gasteiger partial charge in [-0.3, -0.25) is 0 Å². The van der Waals surface area contributed by atoms with Gasteiger partial charge in [0, 0.05) is 0 Å². The van der Waals surface area contributed by atoms with Gasteiger partial charge in [-0.25, -0.2) is 0 Å². The highest BCUT2D eigenvalue weighted by molar-refractivity contribution is 5.30. The Hall–Kier alpha value is -0.920. The number of nitrogens with zero attached hydrogens (tertiary/aromatic N) is 2.